The quantitative estimate of drug-likeness (QED) is 0.479. The van der Waals surface area contributed by atoms with Crippen LogP contribution in [0.4, 0.5) is 0 Å². The van der Waals surface area contributed by atoms with E-state index in [1.165, 1.54) is 13.4 Å². The van der Waals surface area contributed by atoms with Gasteiger partial charge in [-0.15, -0.1) is 5.10 Å². The highest BCUT2D eigenvalue weighted by Gasteiger charge is 1.86. The molecule has 0 N–H and O–H groups in total. The average Bonchev–Trinajstić information content (AvgIpc) is 1.90. The number of hydrogen-bond acceptors (Lipinski definition) is 5. The van der Waals surface area contributed by atoms with Crippen molar-refractivity contribution in [3.05, 3.63) is 6.33 Å². The maximum Gasteiger partial charge on any atom is 0.338 e. The van der Waals surface area contributed by atoms with Crippen molar-refractivity contribution in [1.29, 1.82) is 0 Å². The molecule has 0 amide bonds. The first kappa shape index (κ1) is 4.89. The lowest BCUT2D eigenvalue weighted by Gasteiger charge is -1.88. The van der Waals surface area contributed by atoms with Crippen LogP contribution < -0.4 is 4.74 Å². The van der Waals surface area contributed by atoms with Crippen molar-refractivity contribution < 1.29 is 4.74 Å². The molecule has 0 bridgehead atoms. The van der Waals surface area contributed by atoms with Gasteiger partial charge in [0.05, 0.1) is 7.11 Å². The SMILES string of the molecule is COc1ncnnn1. The number of ether oxygens (including phenoxy) is 1. The first-order chi connectivity index (χ1) is 3.93. The van der Waals surface area contributed by atoms with Crippen LogP contribution in [0.5, 0.6) is 6.01 Å². The van der Waals surface area contributed by atoms with Gasteiger partial charge in [-0.3, -0.25) is 0 Å². The Balaban J connectivity index is 2.83. The Labute approximate surface area is 45.7 Å². The zero-order chi connectivity index (χ0) is 5.82. The molecule has 42 valence electrons. The Bertz CT molecular complexity index is 153. The predicted molar refractivity (Wildman–Crippen MR) is 24.2 cm³/mol. The van der Waals surface area contributed by atoms with E-state index in [1.807, 2.05) is 0 Å². The third-order valence-electron chi connectivity index (χ3n) is 0.584. The third kappa shape index (κ3) is 0.868. The summed E-state index contributed by atoms with van der Waals surface area (Å²) in [5.74, 6) is 0. The molecule has 0 fully saturated rings. The highest BCUT2D eigenvalue weighted by atomic mass is 16.5. The topological polar surface area (TPSA) is 60.8 Å². The van der Waals surface area contributed by atoms with Crippen molar-refractivity contribution in [1.82, 2.24) is 20.4 Å². The summed E-state index contributed by atoms with van der Waals surface area (Å²) in [5.41, 5.74) is 0. The number of methoxy groups -OCH3 is 1. The van der Waals surface area contributed by atoms with Crippen LogP contribution in [0.1, 0.15) is 0 Å². The number of hydrogen-bond donors (Lipinski definition) is 0. The molecule has 0 aromatic carbocycles. The Morgan fingerprint density at radius 1 is 1.62 bits per heavy atom. The summed E-state index contributed by atoms with van der Waals surface area (Å²) in [6, 6.07) is 0.236. The van der Waals surface area contributed by atoms with Gasteiger partial charge in [0, 0.05) is 0 Å². The van der Waals surface area contributed by atoms with Gasteiger partial charge in [0.15, 0.2) is 0 Å². The van der Waals surface area contributed by atoms with E-state index in [2.05, 4.69) is 25.1 Å². The van der Waals surface area contributed by atoms with E-state index in [0.29, 0.717) is 0 Å². The summed E-state index contributed by atoms with van der Waals surface area (Å²) in [7, 11) is 1.47. The summed E-state index contributed by atoms with van der Waals surface area (Å²) in [6.45, 7) is 0. The lowest BCUT2D eigenvalue weighted by molar-refractivity contribution is 0.368. The molecule has 0 radical (unpaired) electrons. The van der Waals surface area contributed by atoms with Crippen molar-refractivity contribution in [2.75, 3.05) is 7.11 Å². The van der Waals surface area contributed by atoms with Gasteiger partial charge in [-0.2, -0.15) is 4.98 Å². The van der Waals surface area contributed by atoms with Crippen LogP contribution in [0.15, 0.2) is 6.33 Å². The lowest BCUT2D eigenvalue weighted by Crippen LogP contribution is -1.94. The van der Waals surface area contributed by atoms with Gasteiger partial charge in [-0.05, 0) is 5.21 Å². The summed E-state index contributed by atoms with van der Waals surface area (Å²) in [6.07, 6.45) is 1.27. The highest BCUT2D eigenvalue weighted by molar-refractivity contribution is 4.81. The molecule has 0 aliphatic heterocycles. The lowest BCUT2D eigenvalue weighted by atomic mass is 11.1. The summed E-state index contributed by atoms with van der Waals surface area (Å²) in [5, 5.41) is 10.0. The molecule has 1 aromatic heterocycles. The van der Waals surface area contributed by atoms with Gasteiger partial charge in [0.25, 0.3) is 0 Å². The minimum atomic E-state index is 0.236. The maximum atomic E-state index is 4.59. The third-order valence-corrected chi connectivity index (χ3v) is 0.584. The van der Waals surface area contributed by atoms with Crippen molar-refractivity contribution in [3.8, 4) is 6.01 Å². The summed E-state index contributed by atoms with van der Waals surface area (Å²) < 4.78 is 4.59. The van der Waals surface area contributed by atoms with Gasteiger partial charge in [0.1, 0.15) is 6.33 Å². The maximum absolute atomic E-state index is 4.59. The largest absolute Gasteiger partial charge is 0.466 e. The summed E-state index contributed by atoms with van der Waals surface area (Å²) in [4.78, 5) is 3.59. The molecule has 8 heavy (non-hydrogen) atoms. The van der Waals surface area contributed by atoms with Crippen LogP contribution >= 0.6 is 0 Å². The molecule has 1 rings (SSSR count). The Hall–Kier alpha value is -1.26. The standard InChI is InChI=1S/C3H4N4O/c1-8-3-4-2-5-7-6-3/h2H,1H3. The first-order valence-corrected chi connectivity index (χ1v) is 1.98. The molecule has 1 heterocycles. The molecular weight excluding hydrogens is 108 g/mol. The normalized spacial score (nSPS) is 8.62. The zero-order valence-electron chi connectivity index (χ0n) is 4.27. The van der Waals surface area contributed by atoms with E-state index >= 15 is 0 Å². The second kappa shape index (κ2) is 2.15. The zero-order valence-corrected chi connectivity index (χ0v) is 4.27. The van der Waals surface area contributed by atoms with Crippen LogP contribution in [0.2, 0.25) is 0 Å². The average molecular weight is 112 g/mol. The smallest absolute Gasteiger partial charge is 0.338 e. The molecular formula is C3H4N4O. The first-order valence-electron chi connectivity index (χ1n) is 1.98. The molecule has 0 aliphatic carbocycles. The molecule has 5 nitrogen and oxygen atoms in total. The van der Waals surface area contributed by atoms with Crippen molar-refractivity contribution in [3.63, 3.8) is 0 Å². The fourth-order valence-electron chi connectivity index (χ4n) is 0.282. The van der Waals surface area contributed by atoms with Gasteiger partial charge < -0.3 is 4.74 Å². The number of rotatable bonds is 1. The molecule has 0 spiro atoms. The molecule has 0 aliphatic rings. The Morgan fingerprint density at radius 3 is 2.88 bits per heavy atom. The van der Waals surface area contributed by atoms with Crippen molar-refractivity contribution in [2.24, 2.45) is 0 Å². The fraction of sp³-hybridized carbons (Fsp3) is 0.333. The number of nitrogens with zero attached hydrogens (tertiary/aromatic N) is 4. The molecule has 1 aromatic rings. The van der Waals surface area contributed by atoms with E-state index in [4.69, 9.17) is 0 Å². The highest BCUT2D eigenvalue weighted by Crippen LogP contribution is 1.88. The van der Waals surface area contributed by atoms with E-state index in [-0.39, 0.29) is 6.01 Å². The van der Waals surface area contributed by atoms with E-state index in [9.17, 15) is 0 Å². The van der Waals surface area contributed by atoms with Crippen LogP contribution in [0.25, 0.3) is 0 Å². The van der Waals surface area contributed by atoms with Crippen LogP contribution in [0.3, 0.4) is 0 Å². The summed E-state index contributed by atoms with van der Waals surface area (Å²) >= 11 is 0. The van der Waals surface area contributed by atoms with Crippen molar-refractivity contribution in [2.45, 2.75) is 0 Å². The van der Waals surface area contributed by atoms with Crippen LogP contribution in [0, 0.1) is 0 Å². The van der Waals surface area contributed by atoms with E-state index in [0.717, 1.165) is 0 Å². The van der Waals surface area contributed by atoms with Gasteiger partial charge >= 0.3 is 6.01 Å². The Kier molecular flexibility index (Phi) is 1.32. The second-order valence-electron chi connectivity index (χ2n) is 1.04. The van der Waals surface area contributed by atoms with Crippen LogP contribution in [-0.2, 0) is 0 Å². The van der Waals surface area contributed by atoms with Gasteiger partial charge in [-0.25, -0.2) is 0 Å². The second-order valence-corrected chi connectivity index (χ2v) is 1.04. The van der Waals surface area contributed by atoms with E-state index < -0.39 is 0 Å². The molecule has 0 saturated heterocycles. The predicted octanol–water partition coefficient (Wildman–Crippen LogP) is -0.725. The molecule has 0 unspecified atom stereocenters. The van der Waals surface area contributed by atoms with Crippen molar-refractivity contribution >= 4 is 0 Å². The fourth-order valence-corrected chi connectivity index (χ4v) is 0.282. The van der Waals surface area contributed by atoms with Gasteiger partial charge in [0.2, 0.25) is 0 Å². The monoisotopic (exact) mass is 112 g/mol. The van der Waals surface area contributed by atoms with E-state index in [1.54, 1.807) is 0 Å². The minimum Gasteiger partial charge on any atom is -0.466 e. The minimum absolute atomic E-state index is 0.236. The molecule has 0 saturated carbocycles. The molecule has 0 atom stereocenters. The number of aromatic nitrogens is 4. The Morgan fingerprint density at radius 2 is 2.50 bits per heavy atom. The van der Waals surface area contributed by atoms with Crippen LogP contribution in [-0.4, -0.2) is 27.5 Å². The van der Waals surface area contributed by atoms with Gasteiger partial charge in [-0.1, -0.05) is 5.10 Å². The molecule has 5 heteroatoms.